The van der Waals surface area contributed by atoms with Gasteiger partial charge in [0, 0.05) is 14.1 Å². The van der Waals surface area contributed by atoms with Gasteiger partial charge in [0.1, 0.15) is 0 Å². The maximum absolute atomic E-state index is 13.0. The van der Waals surface area contributed by atoms with Crippen LogP contribution in [0.5, 0.6) is 0 Å². The average molecular weight is 414 g/mol. The highest BCUT2D eigenvalue weighted by Gasteiger charge is 2.27. The third-order valence-electron chi connectivity index (χ3n) is 5.67. The number of imidazole rings is 1. The van der Waals surface area contributed by atoms with E-state index in [1.807, 2.05) is 66.1 Å². The number of aryl methyl sites for hydroxylation is 2. The minimum atomic E-state index is -0.401. The van der Waals surface area contributed by atoms with Gasteiger partial charge in [0.2, 0.25) is 5.95 Å². The Labute approximate surface area is 178 Å². The van der Waals surface area contributed by atoms with Gasteiger partial charge >= 0.3 is 5.69 Å². The van der Waals surface area contributed by atoms with Crippen LogP contribution in [0.4, 0.5) is 5.95 Å². The summed E-state index contributed by atoms with van der Waals surface area (Å²) >= 11 is 0. The van der Waals surface area contributed by atoms with Gasteiger partial charge in [0.05, 0.1) is 18.8 Å². The number of hydrogen-bond donors (Lipinski definition) is 0. The lowest BCUT2D eigenvalue weighted by atomic mass is 10.1. The zero-order chi connectivity index (χ0) is 21.7. The topological polar surface area (TPSA) is 77.4 Å². The Kier molecular flexibility index (Phi) is 4.35. The van der Waals surface area contributed by atoms with Gasteiger partial charge in [-0.15, -0.1) is 0 Å². The molecule has 2 aromatic heterocycles. The van der Waals surface area contributed by atoms with E-state index < -0.39 is 5.69 Å². The number of fused-ring (bicyclic) bond motifs is 3. The minimum Gasteiger partial charge on any atom is -0.297 e. The van der Waals surface area contributed by atoms with E-state index in [1.165, 1.54) is 17.2 Å². The van der Waals surface area contributed by atoms with Crippen molar-refractivity contribution in [3.63, 3.8) is 0 Å². The molecule has 0 unspecified atom stereocenters. The first-order chi connectivity index (χ1) is 14.9. The van der Waals surface area contributed by atoms with Crippen molar-refractivity contribution in [1.29, 1.82) is 0 Å². The molecule has 156 valence electrons. The largest absolute Gasteiger partial charge is 0.332 e. The van der Waals surface area contributed by atoms with E-state index in [9.17, 15) is 9.59 Å². The number of rotatable bonds is 3. The summed E-state index contributed by atoms with van der Waals surface area (Å²) in [5, 5.41) is 6.69. The van der Waals surface area contributed by atoms with Gasteiger partial charge in [-0.2, -0.15) is 10.1 Å². The summed E-state index contributed by atoms with van der Waals surface area (Å²) in [7, 11) is 3.12. The quantitative estimate of drug-likeness (QED) is 0.515. The van der Waals surface area contributed by atoms with Crippen LogP contribution < -0.4 is 16.3 Å². The van der Waals surface area contributed by atoms with Crippen LogP contribution in [0.2, 0.25) is 0 Å². The lowest BCUT2D eigenvalue weighted by Gasteiger charge is -2.26. The molecule has 0 saturated carbocycles. The molecule has 0 bridgehead atoms. The van der Waals surface area contributed by atoms with Crippen LogP contribution >= 0.6 is 0 Å². The number of hydrogen-bond acceptors (Lipinski definition) is 5. The summed E-state index contributed by atoms with van der Waals surface area (Å²) in [5.41, 5.74) is 4.05. The smallest absolute Gasteiger partial charge is 0.297 e. The van der Waals surface area contributed by atoms with Crippen LogP contribution in [0, 0.1) is 6.92 Å². The number of aromatic nitrogens is 4. The normalized spacial score (nSPS) is 13.4. The van der Waals surface area contributed by atoms with Gasteiger partial charge in [-0.25, -0.2) is 9.80 Å². The molecule has 1 aliphatic rings. The molecule has 0 saturated heterocycles. The van der Waals surface area contributed by atoms with Crippen molar-refractivity contribution >= 4 is 22.8 Å². The van der Waals surface area contributed by atoms with Crippen molar-refractivity contribution in [2.45, 2.75) is 20.0 Å². The van der Waals surface area contributed by atoms with Crippen LogP contribution in [0.15, 0.2) is 69.3 Å². The van der Waals surface area contributed by atoms with Gasteiger partial charge in [-0.05, 0) is 18.1 Å². The zero-order valence-electron chi connectivity index (χ0n) is 17.6. The number of anilines is 1. The molecule has 5 rings (SSSR count). The van der Waals surface area contributed by atoms with Gasteiger partial charge in [0.25, 0.3) is 5.56 Å². The van der Waals surface area contributed by atoms with Crippen LogP contribution in [-0.2, 0) is 27.2 Å². The van der Waals surface area contributed by atoms with Crippen molar-refractivity contribution in [3.8, 4) is 0 Å². The molecule has 0 fully saturated rings. The maximum atomic E-state index is 13.0. The van der Waals surface area contributed by atoms with Crippen molar-refractivity contribution in [2.75, 3.05) is 5.01 Å². The van der Waals surface area contributed by atoms with E-state index in [4.69, 9.17) is 5.10 Å². The molecule has 3 heterocycles. The second-order valence-corrected chi connectivity index (χ2v) is 7.83. The Balaban J connectivity index is 1.73. The predicted octanol–water partition coefficient (Wildman–Crippen LogP) is 2.17. The predicted molar refractivity (Wildman–Crippen MR) is 121 cm³/mol. The molecule has 0 atom stereocenters. The van der Waals surface area contributed by atoms with Crippen LogP contribution in [-0.4, -0.2) is 24.4 Å². The Morgan fingerprint density at radius 2 is 1.65 bits per heavy atom. The molecule has 0 N–H and O–H groups in total. The molecule has 4 aromatic rings. The number of nitrogens with zero attached hydrogens (tertiary/aromatic N) is 6. The molecule has 0 spiro atoms. The Morgan fingerprint density at radius 1 is 0.935 bits per heavy atom. The Bertz CT molecular complexity index is 1440. The number of benzene rings is 2. The summed E-state index contributed by atoms with van der Waals surface area (Å²) in [6, 6.07) is 18.1. The fourth-order valence-corrected chi connectivity index (χ4v) is 3.91. The van der Waals surface area contributed by atoms with E-state index in [0.29, 0.717) is 30.2 Å². The second kappa shape index (κ2) is 7.09. The van der Waals surface area contributed by atoms with E-state index in [2.05, 4.69) is 4.98 Å². The summed E-state index contributed by atoms with van der Waals surface area (Å²) in [6.07, 6.45) is 0. The van der Waals surface area contributed by atoms with Crippen LogP contribution in [0.3, 0.4) is 0 Å². The molecule has 2 aromatic carbocycles. The van der Waals surface area contributed by atoms with Crippen molar-refractivity contribution in [1.82, 2.24) is 18.7 Å². The van der Waals surface area contributed by atoms with E-state index in [0.717, 1.165) is 21.4 Å². The van der Waals surface area contributed by atoms with Gasteiger partial charge < -0.3 is 0 Å². The molecule has 1 aliphatic heterocycles. The zero-order valence-corrected chi connectivity index (χ0v) is 17.6. The first-order valence-electron chi connectivity index (χ1n) is 10.1. The fraction of sp³-hybridized carbons (Fsp3) is 0.217. The third kappa shape index (κ3) is 3.07. The highest BCUT2D eigenvalue weighted by atomic mass is 16.2. The Hall–Kier alpha value is -3.94. The molecule has 0 aliphatic carbocycles. The van der Waals surface area contributed by atoms with E-state index in [1.54, 1.807) is 12.1 Å². The first kappa shape index (κ1) is 19.0. The van der Waals surface area contributed by atoms with Gasteiger partial charge in [-0.1, -0.05) is 60.2 Å². The van der Waals surface area contributed by atoms with E-state index >= 15 is 0 Å². The lowest BCUT2D eigenvalue weighted by molar-refractivity contribution is 0.699. The Morgan fingerprint density at radius 3 is 2.35 bits per heavy atom. The molecular weight excluding hydrogens is 392 g/mol. The molecule has 0 radical (unpaired) electrons. The summed E-state index contributed by atoms with van der Waals surface area (Å²) in [4.78, 5) is 30.1. The summed E-state index contributed by atoms with van der Waals surface area (Å²) in [5.74, 6) is 0.549. The van der Waals surface area contributed by atoms with Gasteiger partial charge in [-0.3, -0.25) is 18.5 Å². The van der Waals surface area contributed by atoms with Gasteiger partial charge in [0.15, 0.2) is 11.2 Å². The van der Waals surface area contributed by atoms with Crippen LogP contribution in [0.1, 0.15) is 16.7 Å². The summed E-state index contributed by atoms with van der Waals surface area (Å²) in [6.45, 7) is 2.93. The fourth-order valence-electron chi connectivity index (χ4n) is 3.91. The highest BCUT2D eigenvalue weighted by Crippen LogP contribution is 2.27. The third-order valence-corrected chi connectivity index (χ3v) is 5.67. The second-order valence-electron chi connectivity index (χ2n) is 7.83. The van der Waals surface area contributed by atoms with Crippen molar-refractivity contribution in [2.24, 2.45) is 19.2 Å². The molecule has 0 amide bonds. The monoisotopic (exact) mass is 414 g/mol. The standard InChI is InChI=1S/C23H22N6O2/c1-15-9-11-17(12-10-15)18-14-28-19-20(26(2)23(31)27(3)21(19)30)24-22(28)29(25-18)13-16-7-5-4-6-8-16/h4-12H,13-14H2,1-3H3. The molecule has 8 heteroatoms. The minimum absolute atomic E-state index is 0.360. The highest BCUT2D eigenvalue weighted by molar-refractivity contribution is 6.02. The van der Waals surface area contributed by atoms with Crippen molar-refractivity contribution in [3.05, 3.63) is 92.1 Å². The first-order valence-corrected chi connectivity index (χ1v) is 10.1. The molecule has 8 nitrogen and oxygen atoms in total. The SMILES string of the molecule is Cc1ccc(C2=NN(Cc3ccccc3)c3nc4c(c(=O)n(C)c(=O)n4C)n3C2)cc1. The van der Waals surface area contributed by atoms with Crippen LogP contribution in [0.25, 0.3) is 11.2 Å². The molecular formula is C23H22N6O2. The number of hydrazone groups is 1. The summed E-state index contributed by atoms with van der Waals surface area (Å²) < 4.78 is 4.40. The lowest BCUT2D eigenvalue weighted by Crippen LogP contribution is -2.38. The molecule has 31 heavy (non-hydrogen) atoms. The maximum Gasteiger partial charge on any atom is 0.332 e. The van der Waals surface area contributed by atoms with E-state index in [-0.39, 0.29) is 5.56 Å². The average Bonchev–Trinajstić information content (AvgIpc) is 3.17. The van der Waals surface area contributed by atoms with Crippen molar-refractivity contribution < 1.29 is 0 Å².